The predicted octanol–water partition coefficient (Wildman–Crippen LogP) is 7.08. The Balaban J connectivity index is 1.57. The number of nitrogens with zero attached hydrogens (tertiary/aromatic N) is 2. The highest BCUT2D eigenvalue weighted by molar-refractivity contribution is 7.11. The first-order valence-electron chi connectivity index (χ1n) is 10.6. The van der Waals surface area contributed by atoms with Crippen LogP contribution in [-0.2, 0) is 6.61 Å². The van der Waals surface area contributed by atoms with E-state index in [2.05, 4.69) is 38.1 Å². The molecule has 0 aliphatic heterocycles. The average Bonchev–Trinajstić information content (AvgIpc) is 3.31. The smallest absolute Gasteiger partial charge is 0.161 e. The van der Waals surface area contributed by atoms with Crippen molar-refractivity contribution in [3.8, 4) is 28.8 Å². The highest BCUT2D eigenvalue weighted by atomic mass is 32.1. The first-order chi connectivity index (χ1) is 16.1. The summed E-state index contributed by atoms with van der Waals surface area (Å²) in [6.07, 6.45) is 1.83. The monoisotopic (exact) mass is 452 g/mol. The van der Waals surface area contributed by atoms with Crippen molar-refractivity contribution in [2.75, 3.05) is 7.11 Å². The lowest BCUT2D eigenvalue weighted by atomic mass is 10.0. The fraction of sp³-hybridized carbons (Fsp3) is 0.143. The van der Waals surface area contributed by atoms with Crippen molar-refractivity contribution >= 4 is 23.0 Å². The Bertz CT molecular complexity index is 1330. The standard InChI is InChI=1S/C28H24N2O2S/c1-19-9-11-24(20(2)13-19)25-18-33-28(30-25)23(16-29)14-22-10-12-26(27(15-22)31-3)32-17-21-7-5-4-6-8-21/h4-15,18H,17H2,1-3H3. The first-order valence-corrected chi connectivity index (χ1v) is 11.5. The first kappa shape index (κ1) is 22.3. The molecule has 1 aromatic heterocycles. The van der Waals surface area contributed by atoms with E-state index >= 15 is 0 Å². The Morgan fingerprint density at radius 1 is 1.03 bits per heavy atom. The molecule has 0 saturated carbocycles. The maximum absolute atomic E-state index is 9.80. The van der Waals surface area contributed by atoms with Crippen molar-refractivity contribution in [1.29, 1.82) is 5.26 Å². The molecule has 0 amide bonds. The van der Waals surface area contributed by atoms with Crippen LogP contribution in [0.5, 0.6) is 11.5 Å². The van der Waals surface area contributed by atoms with Gasteiger partial charge in [-0.3, -0.25) is 0 Å². The summed E-state index contributed by atoms with van der Waals surface area (Å²) in [7, 11) is 1.61. The number of nitriles is 1. The summed E-state index contributed by atoms with van der Waals surface area (Å²) in [4.78, 5) is 4.73. The van der Waals surface area contributed by atoms with Gasteiger partial charge in [0, 0.05) is 10.9 Å². The van der Waals surface area contributed by atoms with E-state index in [9.17, 15) is 5.26 Å². The molecule has 4 aromatic rings. The van der Waals surface area contributed by atoms with Gasteiger partial charge in [0.1, 0.15) is 17.7 Å². The molecule has 5 heteroatoms. The zero-order valence-electron chi connectivity index (χ0n) is 18.8. The minimum Gasteiger partial charge on any atom is -0.493 e. The highest BCUT2D eigenvalue weighted by Crippen LogP contribution is 2.32. The lowest BCUT2D eigenvalue weighted by molar-refractivity contribution is 0.284. The molecule has 164 valence electrons. The van der Waals surface area contributed by atoms with Crippen LogP contribution < -0.4 is 9.47 Å². The Morgan fingerprint density at radius 2 is 1.85 bits per heavy atom. The highest BCUT2D eigenvalue weighted by Gasteiger charge is 2.12. The number of aryl methyl sites for hydroxylation is 2. The molecule has 4 rings (SSSR count). The molecule has 0 spiro atoms. The number of ether oxygens (including phenoxy) is 2. The predicted molar refractivity (Wildman–Crippen MR) is 134 cm³/mol. The molecule has 0 unspecified atom stereocenters. The van der Waals surface area contributed by atoms with E-state index in [1.54, 1.807) is 7.11 Å². The number of aromatic nitrogens is 1. The van der Waals surface area contributed by atoms with Crippen LogP contribution in [0.1, 0.15) is 27.3 Å². The number of rotatable bonds is 7. The lowest BCUT2D eigenvalue weighted by Gasteiger charge is -2.11. The minimum atomic E-state index is 0.455. The van der Waals surface area contributed by atoms with Gasteiger partial charge in [-0.1, -0.05) is 60.2 Å². The third-order valence-electron chi connectivity index (χ3n) is 5.25. The molecule has 4 nitrogen and oxygen atoms in total. The maximum atomic E-state index is 9.80. The summed E-state index contributed by atoms with van der Waals surface area (Å²) in [6, 6.07) is 24.2. The number of thiazole rings is 1. The zero-order valence-corrected chi connectivity index (χ0v) is 19.6. The molecule has 1 heterocycles. The molecular formula is C28H24N2O2S. The van der Waals surface area contributed by atoms with Crippen LogP contribution in [0.25, 0.3) is 22.9 Å². The summed E-state index contributed by atoms with van der Waals surface area (Å²) < 4.78 is 11.5. The molecule has 33 heavy (non-hydrogen) atoms. The normalized spacial score (nSPS) is 11.2. The Labute approximate surface area is 198 Å². The minimum absolute atomic E-state index is 0.455. The second-order valence-corrected chi connectivity index (χ2v) is 8.57. The van der Waals surface area contributed by atoms with Crippen LogP contribution >= 0.6 is 11.3 Å². The van der Waals surface area contributed by atoms with Gasteiger partial charge in [0.25, 0.3) is 0 Å². The van der Waals surface area contributed by atoms with Gasteiger partial charge < -0.3 is 9.47 Å². The van der Waals surface area contributed by atoms with Gasteiger partial charge in [-0.25, -0.2) is 4.98 Å². The maximum Gasteiger partial charge on any atom is 0.161 e. The van der Waals surface area contributed by atoms with Crippen molar-refractivity contribution in [1.82, 2.24) is 4.98 Å². The van der Waals surface area contributed by atoms with Gasteiger partial charge in [0.2, 0.25) is 0 Å². The second kappa shape index (κ2) is 10.2. The fourth-order valence-electron chi connectivity index (χ4n) is 3.56. The average molecular weight is 453 g/mol. The molecule has 0 atom stereocenters. The topological polar surface area (TPSA) is 55.1 Å². The Kier molecular flexibility index (Phi) is 6.87. The van der Waals surface area contributed by atoms with Crippen LogP contribution in [0.2, 0.25) is 0 Å². The Morgan fingerprint density at radius 3 is 2.58 bits per heavy atom. The quantitative estimate of drug-likeness (QED) is 0.281. The molecule has 3 aromatic carbocycles. The van der Waals surface area contributed by atoms with Crippen LogP contribution in [-0.4, -0.2) is 12.1 Å². The summed E-state index contributed by atoms with van der Waals surface area (Å²) in [5.74, 6) is 1.27. The Hall–Kier alpha value is -3.88. The van der Waals surface area contributed by atoms with E-state index in [1.165, 1.54) is 22.5 Å². The number of benzene rings is 3. The summed E-state index contributed by atoms with van der Waals surface area (Å²) in [6.45, 7) is 4.61. The molecular weight excluding hydrogens is 428 g/mol. The number of allylic oxidation sites excluding steroid dienone is 1. The number of hydrogen-bond acceptors (Lipinski definition) is 5. The lowest BCUT2D eigenvalue weighted by Crippen LogP contribution is -1.97. The number of hydrogen-bond donors (Lipinski definition) is 0. The van der Waals surface area contributed by atoms with Crippen LogP contribution in [0.3, 0.4) is 0 Å². The molecule has 0 aliphatic rings. The molecule has 0 bridgehead atoms. The van der Waals surface area contributed by atoms with Gasteiger partial charge >= 0.3 is 0 Å². The van der Waals surface area contributed by atoms with Gasteiger partial charge in [0.05, 0.1) is 18.4 Å². The van der Waals surface area contributed by atoms with E-state index in [0.29, 0.717) is 28.7 Å². The van der Waals surface area contributed by atoms with Gasteiger partial charge in [-0.15, -0.1) is 11.3 Å². The van der Waals surface area contributed by atoms with Crippen molar-refractivity contribution < 1.29 is 9.47 Å². The van der Waals surface area contributed by atoms with E-state index in [0.717, 1.165) is 22.4 Å². The second-order valence-electron chi connectivity index (χ2n) is 7.71. The fourth-order valence-corrected chi connectivity index (χ4v) is 4.34. The van der Waals surface area contributed by atoms with Crippen LogP contribution in [0.4, 0.5) is 0 Å². The van der Waals surface area contributed by atoms with Crippen molar-refractivity contribution in [2.45, 2.75) is 20.5 Å². The SMILES string of the molecule is COc1cc(C=C(C#N)c2nc(-c3ccc(C)cc3C)cs2)ccc1OCc1ccccc1. The van der Waals surface area contributed by atoms with E-state index in [1.807, 2.05) is 60.0 Å². The van der Waals surface area contributed by atoms with Crippen LogP contribution in [0.15, 0.2) is 72.1 Å². The molecule has 0 saturated heterocycles. The van der Waals surface area contributed by atoms with Crippen molar-refractivity contribution in [2.24, 2.45) is 0 Å². The summed E-state index contributed by atoms with van der Waals surface area (Å²) >= 11 is 1.47. The molecule has 0 aliphatic carbocycles. The third kappa shape index (κ3) is 5.31. The van der Waals surface area contributed by atoms with Gasteiger partial charge in [-0.2, -0.15) is 5.26 Å². The van der Waals surface area contributed by atoms with E-state index in [4.69, 9.17) is 14.5 Å². The van der Waals surface area contributed by atoms with Crippen molar-refractivity contribution in [3.05, 3.63) is 99.4 Å². The summed E-state index contributed by atoms with van der Waals surface area (Å²) in [5, 5.41) is 12.5. The van der Waals surface area contributed by atoms with Gasteiger partial charge in [-0.05, 0) is 48.7 Å². The van der Waals surface area contributed by atoms with Gasteiger partial charge in [0.15, 0.2) is 11.5 Å². The van der Waals surface area contributed by atoms with E-state index in [-0.39, 0.29) is 0 Å². The van der Waals surface area contributed by atoms with E-state index < -0.39 is 0 Å². The molecule has 0 fully saturated rings. The third-order valence-corrected chi connectivity index (χ3v) is 6.12. The zero-order chi connectivity index (χ0) is 23.2. The number of methoxy groups -OCH3 is 1. The molecule has 0 radical (unpaired) electrons. The summed E-state index contributed by atoms with van der Waals surface area (Å²) in [5.41, 5.74) is 6.80. The van der Waals surface area contributed by atoms with Crippen molar-refractivity contribution in [3.63, 3.8) is 0 Å². The molecule has 0 N–H and O–H groups in total. The largest absolute Gasteiger partial charge is 0.493 e. The van der Waals surface area contributed by atoms with Crippen LogP contribution in [0, 0.1) is 25.2 Å².